The molecule has 0 fully saturated rings. The molecule has 0 aromatic heterocycles. The third-order valence-corrected chi connectivity index (χ3v) is 4.26. The standard InChI is InChI=1S/C20H17N3O5/c24-18(25)8-9-23(14-4-2-1-3-5-14)20-21-15(19(26)22-20)10-13-6-7-16-17(11-13)28-12-27-16/h1-7,10-11H,8-9,12H2,(H,24,25)(H,21,22,26). The van der Waals surface area contributed by atoms with Crippen LogP contribution in [0.15, 0.2) is 59.2 Å². The molecule has 0 saturated heterocycles. The number of amides is 1. The molecule has 2 aromatic carbocycles. The maximum absolute atomic E-state index is 12.4. The summed E-state index contributed by atoms with van der Waals surface area (Å²) in [5.41, 5.74) is 1.72. The van der Waals surface area contributed by atoms with E-state index in [1.165, 1.54) is 0 Å². The molecule has 8 nitrogen and oxygen atoms in total. The van der Waals surface area contributed by atoms with E-state index in [1.807, 2.05) is 30.3 Å². The molecule has 2 aliphatic rings. The van der Waals surface area contributed by atoms with Crippen LogP contribution in [0, 0.1) is 0 Å². The molecule has 0 bridgehead atoms. The number of carbonyl (C=O) groups excluding carboxylic acids is 1. The Kier molecular flexibility index (Phi) is 4.67. The van der Waals surface area contributed by atoms with Gasteiger partial charge in [-0.1, -0.05) is 24.3 Å². The van der Waals surface area contributed by atoms with Crippen molar-refractivity contribution < 1.29 is 24.2 Å². The number of aliphatic carboxylic acids is 1. The van der Waals surface area contributed by atoms with Crippen molar-refractivity contribution in [2.45, 2.75) is 6.42 Å². The molecule has 0 radical (unpaired) electrons. The monoisotopic (exact) mass is 379 g/mol. The topological polar surface area (TPSA) is 100 Å². The van der Waals surface area contributed by atoms with E-state index in [4.69, 9.17) is 14.6 Å². The highest BCUT2D eigenvalue weighted by Gasteiger charge is 2.26. The van der Waals surface area contributed by atoms with E-state index in [2.05, 4.69) is 10.3 Å². The van der Waals surface area contributed by atoms with E-state index < -0.39 is 5.97 Å². The number of hydrogen-bond acceptors (Lipinski definition) is 6. The van der Waals surface area contributed by atoms with Crippen molar-refractivity contribution in [2.75, 3.05) is 18.2 Å². The predicted octanol–water partition coefficient (Wildman–Crippen LogP) is 2.22. The second kappa shape index (κ2) is 7.43. The normalized spacial score (nSPS) is 16.1. The summed E-state index contributed by atoms with van der Waals surface area (Å²) in [6, 6.07) is 14.5. The average molecular weight is 379 g/mol. The minimum atomic E-state index is -0.929. The molecule has 2 aliphatic heterocycles. The molecule has 0 aliphatic carbocycles. The second-order valence-corrected chi connectivity index (χ2v) is 6.16. The van der Waals surface area contributed by atoms with Crippen LogP contribution in [-0.4, -0.2) is 36.3 Å². The fraction of sp³-hybridized carbons (Fsp3) is 0.150. The number of aliphatic imine (C=N–C) groups is 1. The summed E-state index contributed by atoms with van der Waals surface area (Å²) in [5.74, 6) is 0.283. The number of benzene rings is 2. The lowest BCUT2D eigenvalue weighted by molar-refractivity contribution is -0.136. The number of guanidine groups is 1. The first-order valence-electron chi connectivity index (χ1n) is 8.66. The molecule has 8 heteroatoms. The van der Waals surface area contributed by atoms with Gasteiger partial charge in [0.25, 0.3) is 5.91 Å². The van der Waals surface area contributed by atoms with E-state index in [9.17, 15) is 9.59 Å². The SMILES string of the molecule is O=C(O)CCN(C1=NC(=Cc2ccc3c(c2)OCO3)C(=O)N1)c1ccccc1. The van der Waals surface area contributed by atoms with E-state index in [1.54, 1.807) is 29.2 Å². The van der Waals surface area contributed by atoms with Gasteiger partial charge >= 0.3 is 5.97 Å². The number of anilines is 1. The lowest BCUT2D eigenvalue weighted by Crippen LogP contribution is -2.41. The summed E-state index contributed by atoms with van der Waals surface area (Å²) in [5, 5.41) is 11.8. The molecule has 0 saturated carbocycles. The highest BCUT2D eigenvalue weighted by molar-refractivity contribution is 6.18. The van der Waals surface area contributed by atoms with Crippen molar-refractivity contribution in [3.8, 4) is 11.5 Å². The minimum absolute atomic E-state index is 0.0923. The van der Waals surface area contributed by atoms with Crippen LogP contribution < -0.4 is 19.7 Å². The van der Waals surface area contributed by atoms with E-state index in [-0.39, 0.29) is 31.4 Å². The van der Waals surface area contributed by atoms with Crippen LogP contribution in [0.25, 0.3) is 6.08 Å². The first kappa shape index (κ1) is 17.6. The molecular weight excluding hydrogens is 362 g/mol. The molecule has 0 unspecified atom stereocenters. The Labute approximate surface area is 160 Å². The molecule has 142 valence electrons. The van der Waals surface area contributed by atoms with E-state index in [0.29, 0.717) is 17.5 Å². The van der Waals surface area contributed by atoms with Gasteiger partial charge in [-0.15, -0.1) is 0 Å². The smallest absolute Gasteiger partial charge is 0.305 e. The van der Waals surface area contributed by atoms with Crippen LogP contribution in [0.3, 0.4) is 0 Å². The number of fused-ring (bicyclic) bond motifs is 1. The lowest BCUT2D eigenvalue weighted by atomic mass is 10.1. The maximum atomic E-state index is 12.4. The van der Waals surface area contributed by atoms with E-state index >= 15 is 0 Å². The zero-order valence-corrected chi connectivity index (χ0v) is 14.8. The van der Waals surface area contributed by atoms with Crippen molar-refractivity contribution in [2.24, 2.45) is 4.99 Å². The van der Waals surface area contributed by atoms with E-state index in [0.717, 1.165) is 11.3 Å². The zero-order valence-electron chi connectivity index (χ0n) is 14.8. The third kappa shape index (κ3) is 3.66. The number of nitrogens with one attached hydrogen (secondary N) is 1. The number of nitrogens with zero attached hydrogens (tertiary/aromatic N) is 2. The van der Waals surface area contributed by atoms with Gasteiger partial charge in [-0.3, -0.25) is 14.9 Å². The molecule has 28 heavy (non-hydrogen) atoms. The second-order valence-electron chi connectivity index (χ2n) is 6.16. The Morgan fingerprint density at radius 2 is 1.96 bits per heavy atom. The summed E-state index contributed by atoms with van der Waals surface area (Å²) < 4.78 is 10.6. The molecule has 4 rings (SSSR count). The van der Waals surface area contributed by atoms with Gasteiger partial charge in [0.2, 0.25) is 12.8 Å². The fourth-order valence-corrected chi connectivity index (χ4v) is 2.92. The molecule has 1 amide bonds. The van der Waals surface area contributed by atoms with Crippen molar-refractivity contribution >= 4 is 29.6 Å². The highest BCUT2D eigenvalue weighted by atomic mass is 16.7. The van der Waals surface area contributed by atoms with Gasteiger partial charge in [0.1, 0.15) is 5.70 Å². The van der Waals surface area contributed by atoms with Gasteiger partial charge in [0.15, 0.2) is 11.5 Å². The van der Waals surface area contributed by atoms with Crippen LogP contribution in [0.5, 0.6) is 11.5 Å². The zero-order chi connectivity index (χ0) is 19.5. The summed E-state index contributed by atoms with van der Waals surface area (Å²) in [6.07, 6.45) is 1.55. The number of para-hydroxylation sites is 1. The molecule has 0 spiro atoms. The molecule has 2 heterocycles. The summed E-state index contributed by atoms with van der Waals surface area (Å²) >= 11 is 0. The predicted molar refractivity (Wildman–Crippen MR) is 102 cm³/mol. The van der Waals surface area contributed by atoms with Crippen LogP contribution in [0.2, 0.25) is 0 Å². The number of rotatable bonds is 5. The summed E-state index contributed by atoms with van der Waals surface area (Å²) in [7, 11) is 0. The molecular formula is C20H17N3O5. The number of carbonyl (C=O) groups is 2. The fourth-order valence-electron chi connectivity index (χ4n) is 2.92. The number of carboxylic acids is 1. The van der Waals surface area contributed by atoms with Crippen LogP contribution in [0.1, 0.15) is 12.0 Å². The Morgan fingerprint density at radius 3 is 2.75 bits per heavy atom. The third-order valence-electron chi connectivity index (χ3n) is 4.26. The van der Waals surface area contributed by atoms with Crippen molar-refractivity contribution in [3.63, 3.8) is 0 Å². The number of carboxylic acid groups (broad SMARTS) is 1. The first-order chi connectivity index (χ1) is 13.6. The first-order valence-corrected chi connectivity index (χ1v) is 8.66. The van der Waals surface area contributed by atoms with Crippen molar-refractivity contribution in [3.05, 3.63) is 59.8 Å². The quantitative estimate of drug-likeness (QED) is 0.773. The largest absolute Gasteiger partial charge is 0.481 e. The van der Waals surface area contributed by atoms with Crippen LogP contribution in [0.4, 0.5) is 5.69 Å². The van der Waals surface area contributed by atoms with Gasteiger partial charge in [-0.2, -0.15) is 0 Å². The van der Waals surface area contributed by atoms with Gasteiger partial charge in [0.05, 0.1) is 6.42 Å². The van der Waals surface area contributed by atoms with Gasteiger partial charge in [-0.05, 0) is 35.9 Å². The average Bonchev–Trinajstić information content (AvgIpc) is 3.29. The Hall–Kier alpha value is -3.81. The maximum Gasteiger partial charge on any atom is 0.305 e. The van der Waals surface area contributed by atoms with Gasteiger partial charge in [0, 0.05) is 12.2 Å². The van der Waals surface area contributed by atoms with Crippen LogP contribution in [-0.2, 0) is 9.59 Å². The highest BCUT2D eigenvalue weighted by Crippen LogP contribution is 2.33. The number of hydrogen-bond donors (Lipinski definition) is 2. The Balaban J connectivity index is 1.63. The lowest BCUT2D eigenvalue weighted by Gasteiger charge is -2.23. The summed E-state index contributed by atoms with van der Waals surface area (Å²) in [4.78, 5) is 29.5. The Bertz CT molecular complexity index is 985. The Morgan fingerprint density at radius 1 is 1.18 bits per heavy atom. The van der Waals surface area contributed by atoms with Crippen molar-refractivity contribution in [1.29, 1.82) is 0 Å². The van der Waals surface area contributed by atoms with Gasteiger partial charge < -0.3 is 19.5 Å². The van der Waals surface area contributed by atoms with Crippen LogP contribution >= 0.6 is 0 Å². The minimum Gasteiger partial charge on any atom is -0.481 e. The van der Waals surface area contributed by atoms with Crippen molar-refractivity contribution in [1.82, 2.24) is 5.32 Å². The summed E-state index contributed by atoms with van der Waals surface area (Å²) in [6.45, 7) is 0.351. The van der Waals surface area contributed by atoms with Gasteiger partial charge in [-0.25, -0.2) is 4.99 Å². The molecule has 0 atom stereocenters. The molecule has 2 aromatic rings. The number of ether oxygens (including phenoxy) is 2. The molecule has 2 N–H and O–H groups in total.